The Morgan fingerprint density at radius 2 is 1.66 bits per heavy atom. The van der Waals surface area contributed by atoms with Crippen molar-refractivity contribution in [2.45, 2.75) is 45.9 Å². The lowest BCUT2D eigenvalue weighted by Gasteiger charge is -2.48. The van der Waals surface area contributed by atoms with Crippen molar-refractivity contribution in [3.63, 3.8) is 0 Å². The standard InChI is InChI=1S/C28H33NO2S/c1-6-22-18-29(32(30,31)23-15-12-20(2)13-16-23)19-25-26(22)24(27(25)28(3,4)5)17-14-21-10-8-7-9-11-21/h7-17,24H,6,18-19H2,1-5H3/b17-14+. The van der Waals surface area contributed by atoms with Gasteiger partial charge in [0.15, 0.2) is 0 Å². The molecular weight excluding hydrogens is 414 g/mol. The quantitative estimate of drug-likeness (QED) is 0.532. The van der Waals surface area contributed by atoms with Gasteiger partial charge >= 0.3 is 0 Å². The predicted octanol–water partition coefficient (Wildman–Crippen LogP) is 6.39. The first kappa shape index (κ1) is 22.8. The normalized spacial score (nSPS) is 20.0. The molecule has 0 fully saturated rings. The molecule has 1 atom stereocenters. The Morgan fingerprint density at radius 1 is 1.00 bits per heavy atom. The van der Waals surface area contributed by atoms with Crippen LogP contribution in [0.1, 0.15) is 45.2 Å². The molecule has 0 spiro atoms. The van der Waals surface area contributed by atoms with E-state index in [4.69, 9.17) is 0 Å². The van der Waals surface area contributed by atoms with E-state index in [-0.39, 0.29) is 11.3 Å². The van der Waals surface area contributed by atoms with Crippen LogP contribution in [0.2, 0.25) is 0 Å². The minimum atomic E-state index is -3.54. The molecule has 0 amide bonds. The van der Waals surface area contributed by atoms with Gasteiger partial charge in [-0.2, -0.15) is 4.31 Å². The summed E-state index contributed by atoms with van der Waals surface area (Å²) < 4.78 is 28.6. The average molecular weight is 448 g/mol. The zero-order valence-electron chi connectivity index (χ0n) is 19.7. The highest BCUT2D eigenvalue weighted by Gasteiger charge is 2.45. The maximum absolute atomic E-state index is 13.5. The molecule has 0 bridgehead atoms. The van der Waals surface area contributed by atoms with Gasteiger partial charge in [0.05, 0.1) is 4.90 Å². The number of hydrogen-bond donors (Lipinski definition) is 0. The Labute approximate surface area is 193 Å². The van der Waals surface area contributed by atoms with E-state index in [1.807, 2.05) is 25.1 Å². The predicted molar refractivity (Wildman–Crippen MR) is 133 cm³/mol. The van der Waals surface area contributed by atoms with Crippen molar-refractivity contribution >= 4 is 16.1 Å². The highest BCUT2D eigenvalue weighted by Crippen LogP contribution is 2.53. The van der Waals surface area contributed by atoms with Gasteiger partial charge in [-0.15, -0.1) is 0 Å². The van der Waals surface area contributed by atoms with Gasteiger partial charge in [-0.25, -0.2) is 8.42 Å². The van der Waals surface area contributed by atoms with Crippen LogP contribution in [-0.2, 0) is 10.0 Å². The number of nitrogens with zero attached hydrogens (tertiary/aromatic N) is 1. The largest absolute Gasteiger partial charge is 0.243 e. The van der Waals surface area contributed by atoms with Crippen molar-refractivity contribution in [2.24, 2.45) is 11.3 Å². The van der Waals surface area contributed by atoms with Gasteiger partial charge in [0.1, 0.15) is 0 Å². The van der Waals surface area contributed by atoms with E-state index in [0.717, 1.165) is 12.0 Å². The molecule has 168 valence electrons. The molecule has 0 aromatic heterocycles. The molecule has 2 aliphatic rings. The maximum atomic E-state index is 13.5. The second-order valence-electron chi connectivity index (χ2n) is 9.85. The van der Waals surface area contributed by atoms with Gasteiger partial charge in [-0.1, -0.05) is 93.4 Å². The van der Waals surface area contributed by atoms with Crippen LogP contribution in [0.3, 0.4) is 0 Å². The first-order valence-corrected chi connectivity index (χ1v) is 12.8. The molecule has 1 heterocycles. The van der Waals surface area contributed by atoms with Crippen molar-refractivity contribution in [2.75, 3.05) is 13.1 Å². The molecule has 1 aliphatic carbocycles. The van der Waals surface area contributed by atoms with Gasteiger partial charge in [0.25, 0.3) is 0 Å². The number of rotatable bonds is 5. The molecule has 2 aromatic carbocycles. The van der Waals surface area contributed by atoms with E-state index in [1.165, 1.54) is 27.9 Å². The van der Waals surface area contributed by atoms with Crippen molar-refractivity contribution in [3.05, 3.63) is 94.1 Å². The summed E-state index contributed by atoms with van der Waals surface area (Å²) in [5.74, 6) is 0.254. The van der Waals surface area contributed by atoms with Crippen LogP contribution < -0.4 is 0 Å². The third-order valence-electron chi connectivity index (χ3n) is 6.53. The topological polar surface area (TPSA) is 37.4 Å². The summed E-state index contributed by atoms with van der Waals surface area (Å²) in [5.41, 5.74) is 7.39. The minimum absolute atomic E-state index is 0.0278. The van der Waals surface area contributed by atoms with Crippen molar-refractivity contribution in [3.8, 4) is 0 Å². The summed E-state index contributed by atoms with van der Waals surface area (Å²) in [7, 11) is -3.54. The van der Waals surface area contributed by atoms with Crippen LogP contribution in [0.5, 0.6) is 0 Å². The van der Waals surface area contributed by atoms with Crippen LogP contribution in [0.15, 0.2) is 87.9 Å². The molecule has 0 radical (unpaired) electrons. The molecule has 1 aliphatic heterocycles. The maximum Gasteiger partial charge on any atom is 0.243 e. The van der Waals surface area contributed by atoms with Gasteiger partial charge in [-0.05, 0) is 53.2 Å². The molecular formula is C28H33NO2S. The van der Waals surface area contributed by atoms with Crippen LogP contribution in [0.25, 0.3) is 6.08 Å². The van der Waals surface area contributed by atoms with E-state index < -0.39 is 10.0 Å². The third kappa shape index (κ3) is 4.14. The van der Waals surface area contributed by atoms with E-state index in [9.17, 15) is 8.42 Å². The molecule has 4 heteroatoms. The summed E-state index contributed by atoms with van der Waals surface area (Å²) in [5, 5.41) is 0. The van der Waals surface area contributed by atoms with Crippen LogP contribution in [-0.4, -0.2) is 25.8 Å². The molecule has 0 saturated heterocycles. The second-order valence-corrected chi connectivity index (χ2v) is 11.8. The Balaban J connectivity index is 1.73. The van der Waals surface area contributed by atoms with Crippen molar-refractivity contribution in [1.29, 1.82) is 0 Å². The zero-order valence-corrected chi connectivity index (χ0v) is 20.5. The van der Waals surface area contributed by atoms with Crippen LogP contribution in [0.4, 0.5) is 0 Å². The Morgan fingerprint density at radius 3 is 2.25 bits per heavy atom. The lowest BCUT2D eigenvalue weighted by molar-refractivity contribution is 0.389. The number of benzene rings is 2. The lowest BCUT2D eigenvalue weighted by Crippen LogP contribution is -2.45. The highest BCUT2D eigenvalue weighted by atomic mass is 32.2. The molecule has 0 N–H and O–H groups in total. The molecule has 32 heavy (non-hydrogen) atoms. The number of sulfonamides is 1. The van der Waals surface area contributed by atoms with Gasteiger partial charge in [-0.3, -0.25) is 0 Å². The summed E-state index contributed by atoms with van der Waals surface area (Å²) in [6, 6.07) is 17.5. The monoisotopic (exact) mass is 447 g/mol. The number of fused-ring (bicyclic) bond motifs is 1. The molecule has 0 saturated carbocycles. The molecule has 2 aromatic rings. The van der Waals surface area contributed by atoms with E-state index in [1.54, 1.807) is 16.4 Å². The molecule has 3 nitrogen and oxygen atoms in total. The van der Waals surface area contributed by atoms with Crippen LogP contribution in [0, 0.1) is 18.3 Å². The summed E-state index contributed by atoms with van der Waals surface area (Å²) in [6.07, 6.45) is 5.35. The second kappa shape index (κ2) is 8.49. The Hall–Kier alpha value is -2.43. The van der Waals surface area contributed by atoms with Gasteiger partial charge < -0.3 is 0 Å². The molecule has 1 unspecified atom stereocenters. The fraction of sp³-hybridized carbons (Fsp3) is 0.357. The first-order valence-electron chi connectivity index (χ1n) is 11.4. The zero-order chi connectivity index (χ0) is 23.1. The lowest BCUT2D eigenvalue weighted by atomic mass is 9.60. The highest BCUT2D eigenvalue weighted by molar-refractivity contribution is 7.89. The van der Waals surface area contributed by atoms with Crippen molar-refractivity contribution < 1.29 is 8.42 Å². The van der Waals surface area contributed by atoms with Crippen LogP contribution >= 0.6 is 0 Å². The fourth-order valence-electron chi connectivity index (χ4n) is 4.94. The van der Waals surface area contributed by atoms with E-state index >= 15 is 0 Å². The minimum Gasteiger partial charge on any atom is -0.207 e. The summed E-state index contributed by atoms with van der Waals surface area (Å²) >= 11 is 0. The van der Waals surface area contributed by atoms with E-state index in [2.05, 4.69) is 64.1 Å². The first-order chi connectivity index (χ1) is 15.1. The summed E-state index contributed by atoms with van der Waals surface area (Å²) in [6.45, 7) is 11.7. The van der Waals surface area contributed by atoms with Crippen molar-refractivity contribution in [1.82, 2.24) is 4.31 Å². The fourth-order valence-corrected chi connectivity index (χ4v) is 6.34. The number of hydrogen-bond acceptors (Lipinski definition) is 2. The smallest absolute Gasteiger partial charge is 0.207 e. The number of aryl methyl sites for hydroxylation is 1. The van der Waals surface area contributed by atoms with Gasteiger partial charge in [0, 0.05) is 19.0 Å². The van der Waals surface area contributed by atoms with E-state index in [0.29, 0.717) is 18.0 Å². The van der Waals surface area contributed by atoms with Gasteiger partial charge in [0.2, 0.25) is 10.0 Å². The SMILES string of the molecule is CCC1=C2C(=C(C(C)(C)C)C2/C=C/c2ccccc2)CN(S(=O)(=O)c2ccc(C)cc2)C1. The third-order valence-corrected chi connectivity index (χ3v) is 8.33. The summed E-state index contributed by atoms with van der Waals surface area (Å²) in [4.78, 5) is 0.375. The Bertz CT molecular complexity index is 1190. The Kier molecular flexibility index (Phi) is 6.04. The number of allylic oxidation sites excluding steroid dienone is 2. The molecule has 4 rings (SSSR count). The average Bonchev–Trinajstić information content (AvgIpc) is 2.73.